The molecule has 3 N–H and O–H groups in total. The molecule has 0 radical (unpaired) electrons. The number of halogens is 5. The summed E-state index contributed by atoms with van der Waals surface area (Å²) < 4.78 is 37.0. The van der Waals surface area contributed by atoms with Gasteiger partial charge in [0.1, 0.15) is 11.8 Å². The van der Waals surface area contributed by atoms with E-state index >= 15 is 0 Å². The third-order valence-electron chi connectivity index (χ3n) is 1.91. The largest absolute Gasteiger partial charge is 0.506 e. The quantitative estimate of drug-likeness (QED) is 0.831. The van der Waals surface area contributed by atoms with Gasteiger partial charge in [0.25, 0.3) is 0 Å². The first kappa shape index (κ1) is 16.0. The summed E-state index contributed by atoms with van der Waals surface area (Å²) in [7, 11) is 0. The number of aromatic hydroxyl groups is 1. The number of alkyl halides is 3. The van der Waals surface area contributed by atoms with Crippen LogP contribution in [0, 0.1) is 11.3 Å². The second-order valence-corrected chi connectivity index (χ2v) is 3.88. The summed E-state index contributed by atoms with van der Waals surface area (Å²) in [5.41, 5.74) is 4.41. The highest BCUT2D eigenvalue weighted by molar-refractivity contribution is 9.10. The predicted octanol–water partition coefficient (Wildman–Crippen LogP) is 3.01. The summed E-state index contributed by atoms with van der Waals surface area (Å²) in [5.74, 6) is -0.608. The monoisotopic (exact) mass is 330 g/mol. The Labute approximate surface area is 110 Å². The predicted molar refractivity (Wildman–Crippen MR) is 60.8 cm³/mol. The van der Waals surface area contributed by atoms with Crippen LogP contribution >= 0.6 is 28.3 Å². The highest BCUT2D eigenvalue weighted by atomic mass is 79.9. The topological polar surface area (TPSA) is 70.0 Å². The number of phenolic OH excluding ortho intramolecular Hbond substituents is 1. The zero-order valence-electron chi connectivity index (χ0n) is 8.12. The lowest BCUT2D eigenvalue weighted by atomic mass is 10.0. The molecule has 1 rings (SSSR count). The molecule has 8 heteroatoms. The van der Waals surface area contributed by atoms with Crippen molar-refractivity contribution in [1.29, 1.82) is 5.26 Å². The molecule has 1 atom stereocenters. The van der Waals surface area contributed by atoms with Crippen molar-refractivity contribution in [2.45, 2.75) is 12.2 Å². The average molecular weight is 332 g/mol. The van der Waals surface area contributed by atoms with Crippen LogP contribution in [0.1, 0.15) is 17.2 Å². The van der Waals surface area contributed by atoms with Crippen LogP contribution in [0.15, 0.2) is 16.6 Å². The fourth-order valence-electron chi connectivity index (χ4n) is 1.10. The minimum atomic E-state index is -4.68. The Bertz CT molecular complexity index is 459. The molecule has 0 aliphatic heterocycles. The smallest absolute Gasteiger partial charge is 0.407 e. The lowest BCUT2D eigenvalue weighted by Gasteiger charge is -2.17. The second kappa shape index (κ2) is 5.58. The Morgan fingerprint density at radius 3 is 2.35 bits per heavy atom. The Hall–Kier alpha value is -0.970. The van der Waals surface area contributed by atoms with Crippen LogP contribution in [-0.4, -0.2) is 11.3 Å². The Kier molecular flexibility index (Phi) is 5.26. The molecule has 1 aromatic carbocycles. The number of benzene rings is 1. The number of nitrogens with zero attached hydrogens (tertiary/aromatic N) is 1. The average Bonchev–Trinajstić information content (AvgIpc) is 2.19. The minimum absolute atomic E-state index is 0. The van der Waals surface area contributed by atoms with Crippen LogP contribution < -0.4 is 5.73 Å². The molecule has 0 aliphatic rings. The highest BCUT2D eigenvalue weighted by Gasteiger charge is 2.39. The van der Waals surface area contributed by atoms with Gasteiger partial charge < -0.3 is 10.8 Å². The van der Waals surface area contributed by atoms with E-state index in [1.807, 2.05) is 0 Å². The van der Waals surface area contributed by atoms with E-state index in [-0.39, 0.29) is 22.4 Å². The van der Waals surface area contributed by atoms with Crippen molar-refractivity contribution in [3.8, 4) is 11.8 Å². The van der Waals surface area contributed by atoms with E-state index in [9.17, 15) is 18.3 Å². The lowest BCUT2D eigenvalue weighted by Crippen LogP contribution is -2.28. The van der Waals surface area contributed by atoms with Gasteiger partial charge in [0.15, 0.2) is 0 Å². The first-order chi connectivity index (χ1) is 7.27. The molecule has 0 heterocycles. The first-order valence-corrected chi connectivity index (χ1v) is 4.81. The van der Waals surface area contributed by atoms with Crippen molar-refractivity contribution in [2.75, 3.05) is 0 Å². The molecular formula is C9H7BrClF3N2O. The van der Waals surface area contributed by atoms with Gasteiger partial charge in [-0.25, -0.2) is 0 Å². The normalized spacial score (nSPS) is 12.5. The van der Waals surface area contributed by atoms with E-state index in [1.165, 1.54) is 6.07 Å². The summed E-state index contributed by atoms with van der Waals surface area (Å²) >= 11 is 2.85. The van der Waals surface area contributed by atoms with Gasteiger partial charge in [-0.3, -0.25) is 0 Å². The highest BCUT2D eigenvalue weighted by Crippen LogP contribution is 2.39. The van der Waals surface area contributed by atoms with E-state index in [0.717, 1.165) is 6.07 Å². The van der Waals surface area contributed by atoms with Crippen LogP contribution in [0.4, 0.5) is 13.2 Å². The summed E-state index contributed by atoms with van der Waals surface area (Å²) in [6, 6.07) is 1.48. The third-order valence-corrected chi connectivity index (χ3v) is 2.51. The molecule has 0 spiro atoms. The SMILES string of the molecule is Cl.N#Cc1cc(Br)c(O)c([C@@H](N)C(F)(F)F)c1. The number of rotatable bonds is 1. The van der Waals surface area contributed by atoms with Crippen molar-refractivity contribution in [2.24, 2.45) is 5.73 Å². The van der Waals surface area contributed by atoms with E-state index in [2.05, 4.69) is 15.9 Å². The second-order valence-electron chi connectivity index (χ2n) is 3.03. The van der Waals surface area contributed by atoms with Crippen molar-refractivity contribution in [1.82, 2.24) is 0 Å². The molecule has 0 aliphatic carbocycles. The number of nitriles is 1. The fraction of sp³-hybridized carbons (Fsp3) is 0.222. The molecule has 0 saturated carbocycles. The fourth-order valence-corrected chi connectivity index (χ4v) is 1.57. The number of nitrogens with two attached hydrogens (primary N) is 1. The zero-order chi connectivity index (χ0) is 12.5. The molecule has 1 aromatic rings. The maximum Gasteiger partial charge on any atom is 0.407 e. The maximum absolute atomic E-state index is 12.3. The van der Waals surface area contributed by atoms with Crippen molar-refractivity contribution in [3.63, 3.8) is 0 Å². The molecule has 0 fully saturated rings. The van der Waals surface area contributed by atoms with Gasteiger partial charge in [-0.1, -0.05) is 0 Å². The summed E-state index contributed by atoms with van der Waals surface area (Å²) in [5, 5.41) is 18.0. The number of hydrogen-bond donors (Lipinski definition) is 2. The minimum Gasteiger partial charge on any atom is -0.506 e. The van der Waals surface area contributed by atoms with Crippen LogP contribution in [0.2, 0.25) is 0 Å². The summed E-state index contributed by atoms with van der Waals surface area (Å²) in [4.78, 5) is 0. The molecule has 0 amide bonds. The zero-order valence-corrected chi connectivity index (χ0v) is 10.5. The van der Waals surface area contributed by atoms with Crippen molar-refractivity contribution in [3.05, 3.63) is 27.7 Å². The molecule has 17 heavy (non-hydrogen) atoms. The van der Waals surface area contributed by atoms with Crippen LogP contribution in [0.3, 0.4) is 0 Å². The van der Waals surface area contributed by atoms with Gasteiger partial charge >= 0.3 is 6.18 Å². The van der Waals surface area contributed by atoms with E-state index in [1.54, 1.807) is 6.07 Å². The molecule has 0 saturated heterocycles. The number of phenols is 1. The Balaban J connectivity index is 0.00000256. The third kappa shape index (κ3) is 3.49. The molecular weight excluding hydrogens is 324 g/mol. The van der Waals surface area contributed by atoms with Crippen molar-refractivity contribution < 1.29 is 18.3 Å². The molecule has 0 unspecified atom stereocenters. The Morgan fingerprint density at radius 2 is 1.94 bits per heavy atom. The molecule has 3 nitrogen and oxygen atoms in total. The van der Waals surface area contributed by atoms with Gasteiger partial charge in [0.2, 0.25) is 0 Å². The van der Waals surface area contributed by atoms with Gasteiger partial charge in [0, 0.05) is 5.56 Å². The summed E-state index contributed by atoms with van der Waals surface area (Å²) in [6.07, 6.45) is -4.68. The lowest BCUT2D eigenvalue weighted by molar-refractivity contribution is -0.149. The standard InChI is InChI=1S/C9H6BrF3N2O.ClH/c10-6-2-4(3-14)1-5(7(6)16)8(15)9(11,12)13;/h1-2,8,16H,15H2;1H/t8-;/m1./s1. The molecule has 0 bridgehead atoms. The van der Waals surface area contributed by atoms with Crippen molar-refractivity contribution >= 4 is 28.3 Å². The summed E-state index contributed by atoms with van der Waals surface area (Å²) in [6.45, 7) is 0. The van der Waals surface area contributed by atoms with Gasteiger partial charge in [0.05, 0.1) is 16.1 Å². The molecule has 0 aromatic heterocycles. The molecule has 94 valence electrons. The van der Waals surface area contributed by atoms with E-state index in [4.69, 9.17) is 11.0 Å². The van der Waals surface area contributed by atoms with Gasteiger partial charge in [-0.15, -0.1) is 12.4 Å². The van der Waals surface area contributed by atoms with E-state index < -0.39 is 23.5 Å². The number of hydrogen-bond acceptors (Lipinski definition) is 3. The van der Waals surface area contributed by atoms with Gasteiger partial charge in [-0.2, -0.15) is 18.4 Å². The maximum atomic E-state index is 12.3. The van der Waals surface area contributed by atoms with Crippen LogP contribution in [-0.2, 0) is 0 Å². The first-order valence-electron chi connectivity index (χ1n) is 4.02. The van der Waals surface area contributed by atoms with Crippen LogP contribution in [0.25, 0.3) is 0 Å². The van der Waals surface area contributed by atoms with E-state index in [0.29, 0.717) is 0 Å². The van der Waals surface area contributed by atoms with Crippen LogP contribution in [0.5, 0.6) is 5.75 Å². The Morgan fingerprint density at radius 1 is 1.41 bits per heavy atom. The van der Waals surface area contributed by atoms with Gasteiger partial charge in [-0.05, 0) is 28.1 Å².